The van der Waals surface area contributed by atoms with E-state index in [9.17, 15) is 9.90 Å². The van der Waals surface area contributed by atoms with Crippen LogP contribution < -0.4 is 39.4 Å². The summed E-state index contributed by atoms with van der Waals surface area (Å²) >= 11 is 0. The third-order valence-electron chi connectivity index (χ3n) is 8.08. The Labute approximate surface area is 258 Å². The molecule has 9 heteroatoms. The minimum absolute atomic E-state index is 0. The van der Waals surface area contributed by atoms with Crippen LogP contribution in [-0.2, 0) is 24.4 Å². The van der Waals surface area contributed by atoms with E-state index >= 15 is 0 Å². The number of aryl methyl sites for hydroxylation is 3. The minimum Gasteiger partial charge on any atom is -0.550 e. The number of benzene rings is 2. The van der Waals surface area contributed by atoms with Crippen molar-refractivity contribution in [3.05, 3.63) is 82.2 Å². The number of hydrogen-bond acceptors (Lipinski definition) is 7. The number of ether oxygens (including phenoxy) is 1. The molecule has 0 saturated carbocycles. The number of aromatic nitrogens is 4. The van der Waals surface area contributed by atoms with Crippen LogP contribution >= 0.6 is 0 Å². The summed E-state index contributed by atoms with van der Waals surface area (Å²) in [6.45, 7) is 13.0. The summed E-state index contributed by atoms with van der Waals surface area (Å²) in [7, 11) is 0. The summed E-state index contributed by atoms with van der Waals surface area (Å²) in [5.41, 5.74) is 8.01. The molecule has 40 heavy (non-hydrogen) atoms. The van der Waals surface area contributed by atoms with Crippen molar-refractivity contribution in [1.29, 1.82) is 0 Å². The molecule has 0 bridgehead atoms. The second-order valence-corrected chi connectivity index (χ2v) is 10.6. The maximum atomic E-state index is 12.2. The van der Waals surface area contributed by atoms with Crippen molar-refractivity contribution in [3.8, 4) is 5.75 Å². The van der Waals surface area contributed by atoms with Gasteiger partial charge < -0.3 is 14.6 Å². The number of carbonyl (C=O) groups excluding carboxylic acids is 1. The first-order valence-electron chi connectivity index (χ1n) is 13.8. The summed E-state index contributed by atoms with van der Waals surface area (Å²) in [6.07, 6.45) is 4.66. The van der Waals surface area contributed by atoms with Crippen LogP contribution in [0.2, 0.25) is 0 Å². The first-order valence-corrected chi connectivity index (χ1v) is 13.8. The topological polar surface area (TPSA) is 96.2 Å². The van der Waals surface area contributed by atoms with Crippen LogP contribution in [0, 0.1) is 19.8 Å². The molecule has 1 aliphatic rings. The van der Waals surface area contributed by atoms with Gasteiger partial charge in [-0.2, -0.15) is 0 Å². The summed E-state index contributed by atoms with van der Waals surface area (Å²) in [5.74, 6) is -1.28. The number of nitrogens with zero attached hydrogens (tertiary/aromatic N) is 5. The van der Waals surface area contributed by atoms with Crippen molar-refractivity contribution in [2.24, 2.45) is 5.92 Å². The van der Waals surface area contributed by atoms with Crippen molar-refractivity contribution in [2.75, 3.05) is 6.54 Å². The molecule has 1 aliphatic heterocycles. The van der Waals surface area contributed by atoms with Gasteiger partial charge in [-0.05, 0) is 67.1 Å². The van der Waals surface area contributed by atoms with Crippen LogP contribution in [0.15, 0.2) is 48.8 Å². The largest absolute Gasteiger partial charge is 1.00 e. The van der Waals surface area contributed by atoms with E-state index < -0.39 is 11.9 Å². The fraction of sp³-hybridized carbons (Fsp3) is 0.419. The first-order chi connectivity index (χ1) is 18.8. The van der Waals surface area contributed by atoms with Gasteiger partial charge in [0.15, 0.2) is 0 Å². The SMILES string of the molecule is CC[C@@H]1CN(Cc2cc([C@H](c3ccc4c(nnn4CC)c3C)[C@H](C)C(=O)[O-])ccc2C)Cc2cnccc2O1.[Na+]. The normalized spacial score (nSPS) is 16.9. The molecule has 0 unspecified atom stereocenters. The van der Waals surface area contributed by atoms with Gasteiger partial charge in [0.1, 0.15) is 17.4 Å². The molecule has 2 aromatic heterocycles. The van der Waals surface area contributed by atoms with Crippen LogP contribution in [0.4, 0.5) is 0 Å². The van der Waals surface area contributed by atoms with E-state index in [0.29, 0.717) is 0 Å². The number of fused-ring (bicyclic) bond motifs is 2. The number of aliphatic carboxylic acids is 1. The quantitative estimate of drug-likeness (QED) is 0.305. The van der Waals surface area contributed by atoms with Gasteiger partial charge in [0, 0.05) is 61.9 Å². The zero-order chi connectivity index (χ0) is 27.7. The zero-order valence-corrected chi connectivity index (χ0v) is 26.3. The van der Waals surface area contributed by atoms with Crippen molar-refractivity contribution in [3.63, 3.8) is 0 Å². The zero-order valence-electron chi connectivity index (χ0n) is 24.3. The van der Waals surface area contributed by atoms with E-state index in [1.165, 1.54) is 11.1 Å². The fourth-order valence-electron chi connectivity index (χ4n) is 5.71. The molecule has 8 nitrogen and oxygen atoms in total. The molecule has 0 spiro atoms. The van der Waals surface area contributed by atoms with Crippen LogP contribution in [0.3, 0.4) is 0 Å². The number of pyridine rings is 1. The molecule has 204 valence electrons. The smallest absolute Gasteiger partial charge is 0.550 e. The number of carboxylic acid groups (broad SMARTS) is 1. The Morgan fingerprint density at radius 3 is 2.70 bits per heavy atom. The molecular formula is C31H36N5NaO3. The summed E-state index contributed by atoms with van der Waals surface area (Å²) in [5, 5.41) is 20.9. The monoisotopic (exact) mass is 549 g/mol. The minimum atomic E-state index is -1.07. The average molecular weight is 550 g/mol. The molecule has 0 amide bonds. The van der Waals surface area contributed by atoms with Gasteiger partial charge in [0.25, 0.3) is 0 Å². The van der Waals surface area contributed by atoms with Crippen molar-refractivity contribution < 1.29 is 44.2 Å². The fourth-order valence-corrected chi connectivity index (χ4v) is 5.71. The first kappa shape index (κ1) is 30.2. The Morgan fingerprint density at radius 2 is 1.98 bits per heavy atom. The van der Waals surface area contributed by atoms with Gasteiger partial charge >= 0.3 is 29.6 Å². The third kappa shape index (κ3) is 5.96. The summed E-state index contributed by atoms with van der Waals surface area (Å²) < 4.78 is 8.13. The molecule has 3 heterocycles. The Hall–Kier alpha value is -2.78. The predicted molar refractivity (Wildman–Crippen MR) is 148 cm³/mol. The maximum absolute atomic E-state index is 12.2. The van der Waals surface area contributed by atoms with Crippen LogP contribution in [-0.4, -0.2) is 43.5 Å². The standard InChI is InChI=1S/C31H37N5O3.Na/c1-6-25-18-35(17-24-15-32-13-12-28(24)39-25)16-23-14-22(9-8-19(23)3)29(21(5)31(37)38)26-10-11-27-30(20(26)4)33-34-36(27)7-2;/h8-15,21,25,29H,6-7,16-18H2,1-5H3,(H,37,38);/q;+1/p-1/t21-,25+,29+;/m0./s1. The van der Waals surface area contributed by atoms with Crippen LogP contribution in [0.25, 0.3) is 11.0 Å². The molecule has 0 fully saturated rings. The molecule has 0 N–H and O–H groups in total. The predicted octanol–water partition coefficient (Wildman–Crippen LogP) is 1.16. The van der Waals surface area contributed by atoms with Crippen molar-refractivity contribution in [2.45, 2.75) is 72.7 Å². The molecule has 0 aliphatic carbocycles. The molecule has 0 saturated heterocycles. The van der Waals surface area contributed by atoms with Gasteiger partial charge in [0.2, 0.25) is 0 Å². The van der Waals surface area contributed by atoms with E-state index in [4.69, 9.17) is 4.74 Å². The number of carbonyl (C=O) groups is 1. The molecule has 3 atom stereocenters. The average Bonchev–Trinajstić information content (AvgIpc) is 3.27. The summed E-state index contributed by atoms with van der Waals surface area (Å²) in [4.78, 5) is 18.9. The van der Waals surface area contributed by atoms with Gasteiger partial charge in [-0.15, -0.1) is 5.10 Å². The Balaban J connectivity index is 0.00000370. The maximum Gasteiger partial charge on any atom is 1.00 e. The second kappa shape index (κ2) is 12.8. The number of carboxylic acids is 1. The molecule has 5 rings (SSSR count). The molecule has 2 aromatic carbocycles. The Kier molecular flexibility index (Phi) is 9.67. The molecule has 0 radical (unpaired) electrons. The van der Waals surface area contributed by atoms with Crippen LogP contribution in [0.5, 0.6) is 5.75 Å². The van der Waals surface area contributed by atoms with Gasteiger partial charge in [-0.1, -0.05) is 43.3 Å². The van der Waals surface area contributed by atoms with E-state index in [1.54, 1.807) is 13.1 Å². The van der Waals surface area contributed by atoms with Crippen molar-refractivity contribution >= 4 is 17.0 Å². The molecule has 4 aromatic rings. The number of hydrogen-bond donors (Lipinski definition) is 0. The Morgan fingerprint density at radius 1 is 1.18 bits per heavy atom. The van der Waals surface area contributed by atoms with E-state index in [0.717, 1.165) is 71.6 Å². The van der Waals surface area contributed by atoms with Crippen LogP contribution in [0.1, 0.15) is 66.5 Å². The van der Waals surface area contributed by atoms with Gasteiger partial charge in [-0.3, -0.25) is 9.88 Å². The van der Waals surface area contributed by atoms with E-state index in [1.807, 2.05) is 42.9 Å². The summed E-state index contributed by atoms with van der Waals surface area (Å²) in [6, 6.07) is 12.3. The molecular weight excluding hydrogens is 513 g/mol. The van der Waals surface area contributed by atoms with E-state index in [2.05, 4.69) is 52.2 Å². The van der Waals surface area contributed by atoms with Crippen molar-refractivity contribution in [1.82, 2.24) is 24.9 Å². The third-order valence-corrected chi connectivity index (χ3v) is 8.08. The van der Waals surface area contributed by atoms with Gasteiger partial charge in [-0.25, -0.2) is 4.68 Å². The Bertz CT molecular complexity index is 1500. The number of rotatable bonds is 8. The van der Waals surface area contributed by atoms with E-state index in [-0.39, 0.29) is 41.6 Å². The second-order valence-electron chi connectivity index (χ2n) is 10.6. The van der Waals surface area contributed by atoms with Gasteiger partial charge in [0.05, 0.1) is 5.52 Å².